The van der Waals surface area contributed by atoms with Crippen LogP contribution in [0.15, 0.2) is 28.7 Å². The standard InChI is InChI=1S/C13H16N2O/c1-9-7-8-15(10(9)2)13-14-11-5-3-4-6-12(11)16-13/h3-6,9-10H,7-8H2,1-2H3. The van der Waals surface area contributed by atoms with Crippen LogP contribution in [0.4, 0.5) is 6.01 Å². The smallest absolute Gasteiger partial charge is 0.298 e. The van der Waals surface area contributed by atoms with Gasteiger partial charge in [0.2, 0.25) is 0 Å². The number of nitrogens with zero attached hydrogens (tertiary/aromatic N) is 2. The average molecular weight is 216 g/mol. The molecule has 2 atom stereocenters. The average Bonchev–Trinajstić information content (AvgIpc) is 2.84. The minimum Gasteiger partial charge on any atom is -0.423 e. The second-order valence-electron chi connectivity index (χ2n) is 4.66. The molecule has 0 radical (unpaired) electrons. The van der Waals surface area contributed by atoms with Crippen molar-refractivity contribution >= 4 is 17.1 Å². The van der Waals surface area contributed by atoms with Crippen LogP contribution in [0.3, 0.4) is 0 Å². The number of fused-ring (bicyclic) bond motifs is 1. The molecular weight excluding hydrogens is 200 g/mol. The maximum atomic E-state index is 5.79. The van der Waals surface area contributed by atoms with E-state index in [1.165, 1.54) is 6.42 Å². The van der Waals surface area contributed by atoms with E-state index in [0.29, 0.717) is 6.04 Å². The van der Waals surface area contributed by atoms with Gasteiger partial charge in [-0.05, 0) is 31.4 Å². The Balaban J connectivity index is 2.00. The first-order valence-corrected chi connectivity index (χ1v) is 5.88. The molecule has 2 unspecified atom stereocenters. The summed E-state index contributed by atoms with van der Waals surface area (Å²) >= 11 is 0. The molecule has 0 aliphatic carbocycles. The Bertz CT molecular complexity index is 472. The van der Waals surface area contributed by atoms with Crippen LogP contribution in [0.25, 0.3) is 11.1 Å². The molecule has 0 bridgehead atoms. The zero-order chi connectivity index (χ0) is 11.1. The lowest BCUT2D eigenvalue weighted by Crippen LogP contribution is -2.29. The van der Waals surface area contributed by atoms with E-state index in [9.17, 15) is 0 Å². The molecule has 2 aromatic rings. The van der Waals surface area contributed by atoms with Crippen molar-refractivity contribution in [3.05, 3.63) is 24.3 Å². The highest BCUT2D eigenvalue weighted by Gasteiger charge is 2.30. The van der Waals surface area contributed by atoms with Gasteiger partial charge in [0, 0.05) is 12.6 Å². The van der Waals surface area contributed by atoms with Crippen molar-refractivity contribution in [2.45, 2.75) is 26.3 Å². The Morgan fingerprint density at radius 2 is 2.12 bits per heavy atom. The van der Waals surface area contributed by atoms with Crippen LogP contribution in [0.2, 0.25) is 0 Å². The molecule has 0 saturated carbocycles. The molecule has 1 aromatic heterocycles. The van der Waals surface area contributed by atoms with Crippen LogP contribution < -0.4 is 4.90 Å². The molecule has 2 heterocycles. The Morgan fingerprint density at radius 1 is 1.31 bits per heavy atom. The quantitative estimate of drug-likeness (QED) is 0.733. The largest absolute Gasteiger partial charge is 0.423 e. The molecule has 3 nitrogen and oxygen atoms in total. The maximum Gasteiger partial charge on any atom is 0.298 e. The van der Waals surface area contributed by atoms with Crippen molar-refractivity contribution < 1.29 is 4.42 Å². The lowest BCUT2D eigenvalue weighted by molar-refractivity contribution is 0.512. The van der Waals surface area contributed by atoms with Gasteiger partial charge < -0.3 is 9.32 Å². The van der Waals surface area contributed by atoms with Gasteiger partial charge in [-0.1, -0.05) is 19.1 Å². The number of rotatable bonds is 1. The lowest BCUT2D eigenvalue weighted by atomic mass is 10.1. The molecule has 1 fully saturated rings. The molecule has 16 heavy (non-hydrogen) atoms. The van der Waals surface area contributed by atoms with Crippen molar-refractivity contribution in [3.8, 4) is 0 Å². The zero-order valence-electron chi connectivity index (χ0n) is 9.68. The van der Waals surface area contributed by atoms with Crippen LogP contribution >= 0.6 is 0 Å². The maximum absolute atomic E-state index is 5.79. The molecule has 1 aliphatic heterocycles. The second-order valence-corrected chi connectivity index (χ2v) is 4.66. The van der Waals surface area contributed by atoms with Gasteiger partial charge in [0.25, 0.3) is 6.01 Å². The summed E-state index contributed by atoms with van der Waals surface area (Å²) in [5.41, 5.74) is 1.83. The highest BCUT2D eigenvalue weighted by Crippen LogP contribution is 2.30. The van der Waals surface area contributed by atoms with Gasteiger partial charge in [-0.2, -0.15) is 4.98 Å². The summed E-state index contributed by atoms with van der Waals surface area (Å²) in [6.45, 7) is 5.58. The van der Waals surface area contributed by atoms with E-state index in [-0.39, 0.29) is 0 Å². The molecule has 1 saturated heterocycles. The number of hydrogen-bond donors (Lipinski definition) is 0. The SMILES string of the molecule is CC1CCN(c2nc3ccccc3o2)C1C. The van der Waals surface area contributed by atoms with Gasteiger partial charge in [-0.3, -0.25) is 0 Å². The number of anilines is 1. The minimum atomic E-state index is 0.521. The summed E-state index contributed by atoms with van der Waals surface area (Å²) in [4.78, 5) is 6.81. The third-order valence-corrected chi connectivity index (χ3v) is 3.67. The third-order valence-electron chi connectivity index (χ3n) is 3.67. The van der Waals surface area contributed by atoms with Gasteiger partial charge in [0.05, 0.1) is 0 Å². The Hall–Kier alpha value is -1.51. The Labute approximate surface area is 95.1 Å². The van der Waals surface area contributed by atoms with Crippen LogP contribution in [-0.4, -0.2) is 17.6 Å². The summed E-state index contributed by atoms with van der Waals surface area (Å²) in [6, 6.07) is 9.23. The van der Waals surface area contributed by atoms with E-state index in [4.69, 9.17) is 4.42 Å². The molecule has 0 spiro atoms. The van der Waals surface area contributed by atoms with E-state index in [2.05, 4.69) is 23.7 Å². The summed E-state index contributed by atoms with van der Waals surface area (Å²) in [6.07, 6.45) is 1.22. The van der Waals surface area contributed by atoms with Crippen molar-refractivity contribution in [1.29, 1.82) is 0 Å². The van der Waals surface area contributed by atoms with Gasteiger partial charge in [0.1, 0.15) is 5.52 Å². The molecule has 84 valence electrons. The fourth-order valence-electron chi connectivity index (χ4n) is 2.35. The predicted molar refractivity (Wildman–Crippen MR) is 64.6 cm³/mol. The molecule has 0 N–H and O–H groups in total. The van der Waals surface area contributed by atoms with E-state index in [1.54, 1.807) is 0 Å². The Kier molecular flexibility index (Phi) is 2.13. The van der Waals surface area contributed by atoms with Crippen LogP contribution in [0.5, 0.6) is 0 Å². The summed E-state index contributed by atoms with van der Waals surface area (Å²) in [5.74, 6) is 0.718. The zero-order valence-corrected chi connectivity index (χ0v) is 9.68. The van der Waals surface area contributed by atoms with E-state index in [0.717, 1.165) is 29.6 Å². The minimum absolute atomic E-state index is 0.521. The highest BCUT2D eigenvalue weighted by molar-refractivity contribution is 5.74. The highest BCUT2D eigenvalue weighted by atomic mass is 16.4. The van der Waals surface area contributed by atoms with Crippen molar-refractivity contribution in [1.82, 2.24) is 4.98 Å². The van der Waals surface area contributed by atoms with Crippen molar-refractivity contribution in [2.75, 3.05) is 11.4 Å². The fourth-order valence-corrected chi connectivity index (χ4v) is 2.35. The fraction of sp³-hybridized carbons (Fsp3) is 0.462. The monoisotopic (exact) mass is 216 g/mol. The van der Waals surface area contributed by atoms with Crippen molar-refractivity contribution in [3.63, 3.8) is 0 Å². The predicted octanol–water partition coefficient (Wildman–Crippen LogP) is 3.06. The molecule has 1 aliphatic rings. The van der Waals surface area contributed by atoms with Crippen LogP contribution in [0.1, 0.15) is 20.3 Å². The number of aromatic nitrogens is 1. The molecule has 0 amide bonds. The molecule has 3 heteroatoms. The van der Waals surface area contributed by atoms with Crippen LogP contribution in [-0.2, 0) is 0 Å². The first-order chi connectivity index (χ1) is 7.75. The van der Waals surface area contributed by atoms with Crippen LogP contribution in [0, 0.1) is 5.92 Å². The third kappa shape index (κ3) is 1.39. The van der Waals surface area contributed by atoms with Gasteiger partial charge in [-0.15, -0.1) is 0 Å². The molecular formula is C13H16N2O. The summed E-state index contributed by atoms with van der Waals surface area (Å²) in [7, 11) is 0. The van der Waals surface area contributed by atoms with Gasteiger partial charge >= 0.3 is 0 Å². The summed E-state index contributed by atoms with van der Waals surface area (Å²) < 4.78 is 5.79. The molecule has 3 rings (SSSR count). The lowest BCUT2D eigenvalue weighted by Gasteiger charge is -2.20. The number of oxazole rings is 1. The first kappa shape index (κ1) is 9.70. The van der Waals surface area contributed by atoms with E-state index >= 15 is 0 Å². The number of benzene rings is 1. The second kappa shape index (κ2) is 3.51. The summed E-state index contributed by atoms with van der Waals surface area (Å²) in [5, 5.41) is 0. The first-order valence-electron chi connectivity index (χ1n) is 5.88. The Morgan fingerprint density at radius 3 is 2.81 bits per heavy atom. The van der Waals surface area contributed by atoms with Gasteiger partial charge in [0.15, 0.2) is 5.58 Å². The topological polar surface area (TPSA) is 29.3 Å². The van der Waals surface area contributed by atoms with E-state index < -0.39 is 0 Å². The molecule has 1 aromatic carbocycles. The normalized spacial score (nSPS) is 25.5. The number of hydrogen-bond acceptors (Lipinski definition) is 3. The van der Waals surface area contributed by atoms with Crippen molar-refractivity contribution in [2.24, 2.45) is 5.92 Å². The van der Waals surface area contributed by atoms with Gasteiger partial charge in [-0.25, -0.2) is 0 Å². The van der Waals surface area contributed by atoms with E-state index in [1.807, 2.05) is 24.3 Å². The number of para-hydroxylation sites is 2.